The summed E-state index contributed by atoms with van der Waals surface area (Å²) < 4.78 is 10.1. The first kappa shape index (κ1) is 12.9. The van der Waals surface area contributed by atoms with Crippen LogP contribution in [0, 0.1) is 0 Å². The standard InChI is InChI=1S/C7H7OP.2H3N/c8-9-6-7-4-2-1-3-5-7;;/h1-5H,6H2;2*1H3. The van der Waals surface area contributed by atoms with Crippen molar-refractivity contribution in [2.75, 3.05) is 0 Å². The Bertz CT molecular complexity index is 191. The van der Waals surface area contributed by atoms with Crippen molar-refractivity contribution in [2.24, 2.45) is 0 Å². The molecule has 0 radical (unpaired) electrons. The van der Waals surface area contributed by atoms with Crippen molar-refractivity contribution in [3.05, 3.63) is 35.9 Å². The van der Waals surface area contributed by atoms with Crippen LogP contribution in [0.2, 0.25) is 0 Å². The minimum atomic E-state index is 0. The average molecular weight is 172 g/mol. The number of hydrogen-bond donors (Lipinski definition) is 2. The second-order valence-electron chi connectivity index (χ2n) is 1.77. The molecule has 1 aromatic carbocycles. The maximum absolute atomic E-state index is 10.1. The van der Waals surface area contributed by atoms with Gasteiger partial charge in [0.05, 0.1) is 6.16 Å². The number of hydrogen-bond acceptors (Lipinski definition) is 3. The molecule has 0 bridgehead atoms. The zero-order valence-corrected chi connectivity index (χ0v) is 7.26. The highest BCUT2D eigenvalue weighted by molar-refractivity contribution is 7.22. The molecular weight excluding hydrogens is 159 g/mol. The van der Waals surface area contributed by atoms with Gasteiger partial charge in [-0.15, -0.1) is 0 Å². The minimum absolute atomic E-state index is 0. The van der Waals surface area contributed by atoms with Gasteiger partial charge in [-0.3, -0.25) is 4.57 Å². The van der Waals surface area contributed by atoms with Crippen molar-refractivity contribution in [3.8, 4) is 0 Å². The lowest BCUT2D eigenvalue weighted by Gasteiger charge is -1.88. The van der Waals surface area contributed by atoms with Gasteiger partial charge in [-0.2, -0.15) is 0 Å². The van der Waals surface area contributed by atoms with Crippen LogP contribution in [0.4, 0.5) is 0 Å². The van der Waals surface area contributed by atoms with Crippen LogP contribution >= 0.6 is 8.46 Å². The van der Waals surface area contributed by atoms with Crippen LogP contribution in [0.3, 0.4) is 0 Å². The van der Waals surface area contributed by atoms with Gasteiger partial charge in [-0.25, -0.2) is 0 Å². The predicted molar refractivity (Wildman–Crippen MR) is 47.8 cm³/mol. The molecular formula is C7H13N2OP. The molecule has 0 saturated heterocycles. The molecule has 0 aromatic heterocycles. The van der Waals surface area contributed by atoms with Crippen molar-refractivity contribution in [1.82, 2.24) is 12.3 Å². The summed E-state index contributed by atoms with van der Waals surface area (Å²) in [6.07, 6.45) is 0.626. The van der Waals surface area contributed by atoms with Crippen molar-refractivity contribution in [1.29, 1.82) is 0 Å². The zero-order chi connectivity index (χ0) is 6.53. The predicted octanol–water partition coefficient (Wildman–Crippen LogP) is 2.80. The molecule has 0 aliphatic rings. The molecule has 11 heavy (non-hydrogen) atoms. The SMILES string of the molecule is N.N.O=PCc1ccccc1. The second-order valence-corrected chi connectivity index (χ2v) is 2.35. The van der Waals surface area contributed by atoms with E-state index in [9.17, 15) is 4.57 Å². The van der Waals surface area contributed by atoms with E-state index < -0.39 is 0 Å². The fraction of sp³-hybridized carbons (Fsp3) is 0.143. The van der Waals surface area contributed by atoms with Gasteiger partial charge in [0, 0.05) is 0 Å². The average Bonchev–Trinajstić information content (AvgIpc) is 1.91. The lowest BCUT2D eigenvalue weighted by molar-refractivity contribution is 0.598. The summed E-state index contributed by atoms with van der Waals surface area (Å²) in [6.45, 7) is 0. The first-order valence-electron chi connectivity index (χ1n) is 2.76. The van der Waals surface area contributed by atoms with Crippen molar-refractivity contribution >= 4 is 8.46 Å². The molecule has 0 heterocycles. The molecule has 0 aliphatic carbocycles. The normalized spacial score (nSPS) is 8.00. The summed E-state index contributed by atoms with van der Waals surface area (Å²) in [5, 5.41) is 0. The summed E-state index contributed by atoms with van der Waals surface area (Å²) in [5.74, 6) is 0. The van der Waals surface area contributed by atoms with Crippen molar-refractivity contribution in [2.45, 2.75) is 6.16 Å². The Kier molecular flexibility index (Phi) is 8.60. The molecule has 4 heteroatoms. The molecule has 6 N–H and O–H groups in total. The van der Waals surface area contributed by atoms with Gasteiger partial charge in [0.15, 0.2) is 8.46 Å². The molecule has 62 valence electrons. The lowest BCUT2D eigenvalue weighted by Crippen LogP contribution is -1.71. The number of rotatable bonds is 2. The second kappa shape index (κ2) is 7.35. The summed E-state index contributed by atoms with van der Waals surface area (Å²) >= 11 is 0. The fourth-order valence-electron chi connectivity index (χ4n) is 0.658. The third-order valence-corrected chi connectivity index (χ3v) is 1.58. The van der Waals surface area contributed by atoms with E-state index in [1.165, 1.54) is 0 Å². The van der Waals surface area contributed by atoms with E-state index in [0.717, 1.165) is 5.56 Å². The van der Waals surface area contributed by atoms with Gasteiger partial charge in [-0.05, 0) is 5.56 Å². The van der Waals surface area contributed by atoms with E-state index in [2.05, 4.69) is 0 Å². The molecule has 3 nitrogen and oxygen atoms in total. The summed E-state index contributed by atoms with van der Waals surface area (Å²) in [7, 11) is 0.195. The maximum atomic E-state index is 10.1. The third kappa shape index (κ3) is 4.62. The molecule has 0 fully saturated rings. The smallest absolute Gasteiger partial charge is 0.160 e. The van der Waals surface area contributed by atoms with Gasteiger partial charge >= 0.3 is 0 Å². The number of benzene rings is 1. The molecule has 0 aliphatic heterocycles. The van der Waals surface area contributed by atoms with Crippen LogP contribution in [0.5, 0.6) is 0 Å². The van der Waals surface area contributed by atoms with Crippen molar-refractivity contribution in [3.63, 3.8) is 0 Å². The summed E-state index contributed by atoms with van der Waals surface area (Å²) in [4.78, 5) is 0. The van der Waals surface area contributed by atoms with Gasteiger partial charge < -0.3 is 12.3 Å². The molecule has 0 saturated carbocycles. The van der Waals surface area contributed by atoms with Crippen LogP contribution in [0.15, 0.2) is 30.3 Å². The van der Waals surface area contributed by atoms with Crippen molar-refractivity contribution < 1.29 is 4.57 Å². The van der Waals surface area contributed by atoms with E-state index in [1.54, 1.807) is 0 Å². The molecule has 0 amide bonds. The zero-order valence-electron chi connectivity index (χ0n) is 6.36. The van der Waals surface area contributed by atoms with E-state index in [4.69, 9.17) is 0 Å². The first-order chi connectivity index (χ1) is 4.43. The van der Waals surface area contributed by atoms with Gasteiger partial charge in [0.1, 0.15) is 0 Å². The Hall–Kier alpha value is -0.760. The Morgan fingerprint density at radius 2 is 1.64 bits per heavy atom. The van der Waals surface area contributed by atoms with Gasteiger partial charge in [-0.1, -0.05) is 30.3 Å². The van der Waals surface area contributed by atoms with E-state index >= 15 is 0 Å². The van der Waals surface area contributed by atoms with E-state index in [-0.39, 0.29) is 20.8 Å². The Balaban J connectivity index is 0. The van der Waals surface area contributed by atoms with E-state index in [1.807, 2.05) is 30.3 Å². The fourth-order valence-corrected chi connectivity index (χ4v) is 1.02. The third-order valence-electron chi connectivity index (χ3n) is 1.09. The highest BCUT2D eigenvalue weighted by Crippen LogP contribution is 2.06. The molecule has 0 unspecified atom stereocenters. The first-order valence-corrected chi connectivity index (χ1v) is 3.76. The highest BCUT2D eigenvalue weighted by atomic mass is 31.1. The van der Waals surface area contributed by atoms with Crippen LogP contribution < -0.4 is 12.3 Å². The van der Waals surface area contributed by atoms with E-state index in [0.29, 0.717) is 6.16 Å². The largest absolute Gasteiger partial charge is 0.344 e. The van der Waals surface area contributed by atoms with Crippen LogP contribution in [0.1, 0.15) is 5.56 Å². The maximum Gasteiger partial charge on any atom is 0.160 e. The quantitative estimate of drug-likeness (QED) is 0.672. The lowest BCUT2D eigenvalue weighted by atomic mass is 10.2. The summed E-state index contributed by atoms with van der Waals surface area (Å²) in [6, 6.07) is 9.77. The van der Waals surface area contributed by atoms with Gasteiger partial charge in [0.25, 0.3) is 0 Å². The topological polar surface area (TPSA) is 87.1 Å². The monoisotopic (exact) mass is 172 g/mol. The molecule has 1 aromatic rings. The molecule has 0 atom stereocenters. The Labute approximate surface area is 68.2 Å². The van der Waals surface area contributed by atoms with Crippen LogP contribution in [0.25, 0.3) is 0 Å². The highest BCUT2D eigenvalue weighted by Gasteiger charge is 1.85. The molecule has 0 spiro atoms. The minimum Gasteiger partial charge on any atom is -0.344 e. The Morgan fingerprint density at radius 3 is 2.09 bits per heavy atom. The van der Waals surface area contributed by atoms with Crippen LogP contribution in [-0.4, -0.2) is 0 Å². The Morgan fingerprint density at radius 1 is 1.09 bits per heavy atom. The molecule has 1 rings (SSSR count). The van der Waals surface area contributed by atoms with Crippen LogP contribution in [-0.2, 0) is 10.7 Å². The van der Waals surface area contributed by atoms with Gasteiger partial charge in [0.2, 0.25) is 0 Å². The summed E-state index contributed by atoms with van der Waals surface area (Å²) in [5.41, 5.74) is 1.12.